The minimum Gasteiger partial charge on any atom is -0.309 e. The van der Waals surface area contributed by atoms with Crippen LogP contribution in [0.3, 0.4) is 0 Å². The fraction of sp³-hybridized carbons (Fsp3) is 0. The lowest BCUT2D eigenvalue weighted by Crippen LogP contribution is -1.95. The molecule has 0 unspecified atom stereocenters. The van der Waals surface area contributed by atoms with Crippen molar-refractivity contribution in [2.24, 2.45) is 0 Å². The van der Waals surface area contributed by atoms with Crippen molar-refractivity contribution >= 4 is 183 Å². The Hall–Kier alpha value is -8.94. The smallest absolute Gasteiger partial charge is 0.0642 e. The Morgan fingerprint density at radius 1 is 0.236 bits per heavy atom. The molecule has 0 N–H and O–H groups in total. The number of thiophene rings is 2. The van der Waals surface area contributed by atoms with Crippen LogP contribution in [0.4, 0.5) is 0 Å². The first-order chi connectivity index (χ1) is 35.8. The zero-order valence-corrected chi connectivity index (χ0v) is 39.9. The first-order valence-electron chi connectivity index (χ1n) is 24.8. The zero-order chi connectivity index (χ0) is 46.2. The predicted molar refractivity (Wildman–Crippen MR) is 310 cm³/mol. The number of hydrogen-bond acceptors (Lipinski definition) is 2. The van der Waals surface area contributed by atoms with Gasteiger partial charge in [0, 0.05) is 105 Å². The summed E-state index contributed by atoms with van der Waals surface area (Å²) < 4.78 is 15.7. The lowest BCUT2D eigenvalue weighted by molar-refractivity contribution is 1.20. The van der Waals surface area contributed by atoms with Crippen LogP contribution in [0, 0.1) is 0 Å². The normalized spacial score (nSPS) is 13.0. The van der Waals surface area contributed by atoms with Crippen LogP contribution in [-0.2, 0) is 0 Å². The summed E-state index contributed by atoms with van der Waals surface area (Å²) in [6.45, 7) is 0. The summed E-state index contributed by atoms with van der Waals surface area (Å²) in [6.07, 6.45) is 0. The summed E-state index contributed by atoms with van der Waals surface area (Å²) in [7, 11) is 0. The van der Waals surface area contributed by atoms with Crippen molar-refractivity contribution in [3.05, 3.63) is 206 Å². The van der Waals surface area contributed by atoms with E-state index in [0.29, 0.717) is 0 Å². The molecule has 6 heteroatoms. The van der Waals surface area contributed by atoms with Crippen LogP contribution in [-0.4, -0.2) is 17.9 Å². The Balaban J connectivity index is 1.06. The first kappa shape index (κ1) is 37.0. The molecule has 0 amide bonds. The van der Waals surface area contributed by atoms with Gasteiger partial charge in [0.1, 0.15) is 0 Å². The molecule has 0 fully saturated rings. The number of fused-ring (bicyclic) bond motifs is 26. The van der Waals surface area contributed by atoms with Crippen LogP contribution < -0.4 is 0 Å². The number of aromatic nitrogens is 4. The van der Waals surface area contributed by atoms with Gasteiger partial charge in [0.25, 0.3) is 0 Å². The zero-order valence-electron chi connectivity index (χ0n) is 38.2. The number of rotatable bonds is 2. The van der Waals surface area contributed by atoms with Crippen molar-refractivity contribution in [2.75, 3.05) is 0 Å². The Morgan fingerprint density at radius 3 is 0.986 bits per heavy atom. The van der Waals surface area contributed by atoms with Crippen molar-refractivity contribution in [1.29, 1.82) is 0 Å². The molecular weight excluding hydrogens is 913 g/mol. The monoisotopic (exact) mass is 946 g/mol. The molecule has 0 spiro atoms. The number of benzene rings is 11. The standard InChI is InChI=1S/C66H34N4S2/c1-7-19-47-35(13-1)36-14-2-8-20-48(36)67(47)51-31-27-43-61-53(29-25-41-39-17-5-11-23-57(39)71-65(41)61)69-55-34-46-56(33-45(55)59(51)63(43)69)70-54-30-26-42-40-18-6-12-24-58(40)72-66(42)62(54)44-28-32-52(60(46)64(44)70)68-49-21-9-3-15-37(49)38-16-4-10-22-50(38)68/h1-34H. The number of para-hydroxylation sites is 4. The second-order valence-corrected chi connectivity index (χ2v) is 22.0. The van der Waals surface area contributed by atoms with Crippen LogP contribution in [0.15, 0.2) is 206 Å². The molecule has 0 aliphatic carbocycles. The third kappa shape index (κ3) is 4.20. The third-order valence-electron chi connectivity index (χ3n) is 16.6. The fourth-order valence-corrected chi connectivity index (χ4v) is 16.4. The quantitative estimate of drug-likeness (QED) is 0.164. The SMILES string of the molecule is c1ccc2c(c1)sc1c2ccc2c1c1ccc(-n3c4ccccc4c4ccccc43)c3c4cc5c(cc4n2c13)c1c(-n2c3ccccc3c3ccccc32)ccc2c3c4sc6ccccc6c4ccc3n5c21. The van der Waals surface area contributed by atoms with Gasteiger partial charge in [0.15, 0.2) is 0 Å². The summed E-state index contributed by atoms with van der Waals surface area (Å²) in [4.78, 5) is 0. The van der Waals surface area contributed by atoms with Crippen LogP contribution >= 0.6 is 22.7 Å². The van der Waals surface area contributed by atoms with E-state index in [9.17, 15) is 0 Å². The largest absolute Gasteiger partial charge is 0.309 e. The van der Waals surface area contributed by atoms with E-state index < -0.39 is 0 Å². The van der Waals surface area contributed by atoms with Crippen molar-refractivity contribution in [1.82, 2.24) is 17.9 Å². The van der Waals surface area contributed by atoms with Gasteiger partial charge in [0.2, 0.25) is 0 Å². The number of nitrogens with zero attached hydrogens (tertiary/aromatic N) is 4. The van der Waals surface area contributed by atoms with E-state index in [1.807, 2.05) is 22.7 Å². The van der Waals surface area contributed by atoms with Gasteiger partial charge in [-0.15, -0.1) is 22.7 Å². The highest BCUT2D eigenvalue weighted by Crippen LogP contribution is 2.52. The molecule has 19 aromatic rings. The van der Waals surface area contributed by atoms with Crippen LogP contribution in [0.5, 0.6) is 0 Å². The molecule has 0 bridgehead atoms. The topological polar surface area (TPSA) is 18.7 Å². The molecule has 11 aromatic carbocycles. The van der Waals surface area contributed by atoms with Crippen molar-refractivity contribution in [3.63, 3.8) is 0 Å². The maximum Gasteiger partial charge on any atom is 0.0642 e. The maximum atomic E-state index is 2.63. The summed E-state index contributed by atoms with van der Waals surface area (Å²) in [5.74, 6) is 0. The van der Waals surface area contributed by atoms with Gasteiger partial charge in [-0.2, -0.15) is 0 Å². The second kappa shape index (κ2) is 12.7. The van der Waals surface area contributed by atoms with E-state index in [-0.39, 0.29) is 0 Å². The fourth-order valence-electron chi connectivity index (χ4n) is 13.8. The molecule has 19 rings (SSSR count). The average molecular weight is 947 g/mol. The van der Waals surface area contributed by atoms with Crippen molar-refractivity contribution in [3.8, 4) is 11.4 Å². The average Bonchev–Trinajstić information content (AvgIpc) is 4.32. The Labute approximate surface area is 415 Å². The van der Waals surface area contributed by atoms with Gasteiger partial charge in [-0.3, -0.25) is 0 Å². The first-order valence-corrected chi connectivity index (χ1v) is 26.4. The Morgan fingerprint density at radius 2 is 0.583 bits per heavy atom. The second-order valence-electron chi connectivity index (χ2n) is 19.9. The van der Waals surface area contributed by atoms with Gasteiger partial charge in [0.05, 0.1) is 66.5 Å². The predicted octanol–water partition coefficient (Wildman–Crippen LogP) is 18.9. The van der Waals surface area contributed by atoms with Crippen molar-refractivity contribution < 1.29 is 0 Å². The van der Waals surface area contributed by atoms with Crippen molar-refractivity contribution in [2.45, 2.75) is 0 Å². The highest BCUT2D eigenvalue weighted by Gasteiger charge is 2.29. The van der Waals surface area contributed by atoms with Crippen LogP contribution in [0.2, 0.25) is 0 Å². The van der Waals surface area contributed by atoms with E-state index in [4.69, 9.17) is 0 Å². The Bertz CT molecular complexity index is 5200. The number of hydrogen-bond donors (Lipinski definition) is 0. The van der Waals surface area contributed by atoms with Crippen LogP contribution in [0.1, 0.15) is 0 Å². The highest BCUT2D eigenvalue weighted by molar-refractivity contribution is 7.27. The third-order valence-corrected chi connectivity index (χ3v) is 19.0. The highest BCUT2D eigenvalue weighted by atomic mass is 32.1. The lowest BCUT2D eigenvalue weighted by atomic mass is 10.0. The van der Waals surface area contributed by atoms with E-state index in [2.05, 4.69) is 224 Å². The molecule has 0 radical (unpaired) electrons. The molecule has 4 nitrogen and oxygen atoms in total. The Kier molecular flexibility index (Phi) is 6.51. The molecule has 8 aromatic heterocycles. The van der Waals surface area contributed by atoms with Gasteiger partial charge >= 0.3 is 0 Å². The van der Waals surface area contributed by atoms with Gasteiger partial charge in [-0.1, -0.05) is 133 Å². The molecule has 0 saturated heterocycles. The van der Waals surface area contributed by atoms with Gasteiger partial charge in [-0.25, -0.2) is 0 Å². The van der Waals surface area contributed by atoms with E-state index >= 15 is 0 Å². The molecule has 0 saturated carbocycles. The minimum absolute atomic E-state index is 1.20. The van der Waals surface area contributed by atoms with E-state index in [1.165, 1.54) is 172 Å². The molecule has 330 valence electrons. The maximum absolute atomic E-state index is 2.63. The van der Waals surface area contributed by atoms with Gasteiger partial charge in [-0.05, 0) is 72.8 Å². The molecular formula is C66H34N4S2. The van der Waals surface area contributed by atoms with E-state index in [0.717, 1.165) is 0 Å². The lowest BCUT2D eigenvalue weighted by Gasteiger charge is -2.11. The summed E-state index contributed by atoms with van der Waals surface area (Å²) >= 11 is 3.85. The minimum atomic E-state index is 1.20. The van der Waals surface area contributed by atoms with E-state index in [1.54, 1.807) is 0 Å². The van der Waals surface area contributed by atoms with Gasteiger partial charge < -0.3 is 17.9 Å². The molecule has 0 aliphatic rings. The molecule has 0 aliphatic heterocycles. The summed E-state index contributed by atoms with van der Waals surface area (Å²) in [5.41, 5.74) is 14.8. The molecule has 8 heterocycles. The summed E-state index contributed by atoms with van der Waals surface area (Å²) in [6, 6.07) is 78.0. The van der Waals surface area contributed by atoms with Crippen LogP contribution in [0.25, 0.3) is 172 Å². The molecule has 72 heavy (non-hydrogen) atoms. The molecule has 0 atom stereocenters. The summed E-state index contributed by atoms with van der Waals surface area (Å²) in [5, 5.41) is 20.7.